The lowest BCUT2D eigenvalue weighted by Crippen LogP contribution is -2.12. The minimum absolute atomic E-state index is 0.383. The highest BCUT2D eigenvalue weighted by atomic mass is 16.5. The summed E-state index contributed by atoms with van der Waals surface area (Å²) in [7, 11) is 1.67. The molecule has 0 unspecified atom stereocenters. The number of nitrogens with two attached hydrogens (primary N) is 1. The second kappa shape index (κ2) is 5.80. The molecule has 2 aromatic rings. The van der Waals surface area contributed by atoms with E-state index in [9.17, 15) is 0 Å². The Morgan fingerprint density at radius 3 is 2.62 bits per heavy atom. The largest absolute Gasteiger partial charge is 0.496 e. The highest BCUT2D eigenvalue weighted by molar-refractivity contribution is 5.80. The lowest BCUT2D eigenvalue weighted by Gasteiger charge is -2.25. The van der Waals surface area contributed by atoms with E-state index in [0.717, 1.165) is 41.3 Å². The predicted octanol–water partition coefficient (Wildman–Crippen LogP) is 4.23. The lowest BCUT2D eigenvalue weighted by atomic mass is 9.80. The van der Waals surface area contributed by atoms with E-state index in [0.29, 0.717) is 11.8 Å². The fourth-order valence-electron chi connectivity index (χ4n) is 3.25. The van der Waals surface area contributed by atoms with Crippen LogP contribution in [0.3, 0.4) is 0 Å². The number of nitrogen functional groups attached to an aromatic ring is 1. The van der Waals surface area contributed by atoms with Crippen molar-refractivity contribution in [2.75, 3.05) is 12.8 Å². The van der Waals surface area contributed by atoms with Gasteiger partial charge in [-0.25, -0.2) is 0 Å². The van der Waals surface area contributed by atoms with Crippen molar-refractivity contribution in [2.24, 2.45) is 5.92 Å². The minimum Gasteiger partial charge on any atom is -0.496 e. The van der Waals surface area contributed by atoms with Gasteiger partial charge in [0.15, 0.2) is 0 Å². The van der Waals surface area contributed by atoms with Gasteiger partial charge in [0.25, 0.3) is 0 Å². The Hall–Kier alpha value is -1.97. The van der Waals surface area contributed by atoms with Crippen LogP contribution >= 0.6 is 0 Å². The Morgan fingerprint density at radius 1 is 1.19 bits per heavy atom. The number of para-hydroxylation sites is 1. The van der Waals surface area contributed by atoms with Gasteiger partial charge in [-0.1, -0.05) is 43.1 Å². The number of aromatic nitrogens is 1. The molecular formula is C17H22N2O2. The van der Waals surface area contributed by atoms with Gasteiger partial charge in [-0.05, 0) is 24.8 Å². The summed E-state index contributed by atoms with van der Waals surface area (Å²) >= 11 is 0. The maximum Gasteiger partial charge on any atom is 0.230 e. The number of anilines is 1. The first kappa shape index (κ1) is 14.0. The van der Waals surface area contributed by atoms with Crippen LogP contribution in [0, 0.1) is 5.92 Å². The van der Waals surface area contributed by atoms with Crippen LogP contribution in [-0.2, 0) is 0 Å². The van der Waals surface area contributed by atoms with Crippen LogP contribution in [0.4, 0.5) is 5.88 Å². The Balaban J connectivity index is 2.01. The molecule has 0 amide bonds. The fraction of sp³-hybridized carbons (Fsp3) is 0.471. The normalized spacial score (nSPS) is 22.2. The molecule has 1 aromatic heterocycles. The number of rotatable bonds is 3. The van der Waals surface area contributed by atoms with Crippen molar-refractivity contribution in [3.63, 3.8) is 0 Å². The molecule has 3 rings (SSSR count). The summed E-state index contributed by atoms with van der Waals surface area (Å²) < 4.78 is 10.8. The zero-order chi connectivity index (χ0) is 14.8. The Kier molecular flexibility index (Phi) is 3.86. The monoisotopic (exact) mass is 286 g/mol. The molecule has 1 aromatic carbocycles. The Labute approximate surface area is 125 Å². The number of nitrogens with zero attached hydrogens (tertiary/aromatic N) is 1. The molecule has 1 aliphatic carbocycles. The number of methoxy groups -OCH3 is 1. The third kappa shape index (κ3) is 2.62. The van der Waals surface area contributed by atoms with Crippen LogP contribution in [0.1, 0.15) is 44.2 Å². The molecule has 21 heavy (non-hydrogen) atoms. The van der Waals surface area contributed by atoms with Crippen molar-refractivity contribution in [1.29, 1.82) is 0 Å². The zero-order valence-electron chi connectivity index (χ0n) is 12.6. The molecule has 0 atom stereocenters. The van der Waals surface area contributed by atoms with E-state index in [1.54, 1.807) is 7.11 Å². The van der Waals surface area contributed by atoms with Crippen molar-refractivity contribution in [2.45, 2.75) is 38.5 Å². The van der Waals surface area contributed by atoms with Gasteiger partial charge in [-0.3, -0.25) is 0 Å². The first-order valence-corrected chi connectivity index (χ1v) is 7.59. The molecule has 1 aliphatic rings. The molecule has 1 saturated carbocycles. The number of hydrogen-bond acceptors (Lipinski definition) is 4. The van der Waals surface area contributed by atoms with Crippen molar-refractivity contribution in [1.82, 2.24) is 5.16 Å². The third-order valence-electron chi connectivity index (χ3n) is 4.52. The second-order valence-corrected chi connectivity index (χ2v) is 5.96. The molecule has 4 nitrogen and oxygen atoms in total. The second-order valence-electron chi connectivity index (χ2n) is 5.96. The summed E-state index contributed by atoms with van der Waals surface area (Å²) in [5.74, 6) is 2.42. The lowest BCUT2D eigenvalue weighted by molar-refractivity contribution is 0.331. The first-order valence-electron chi connectivity index (χ1n) is 7.59. The first-order chi connectivity index (χ1) is 10.2. The van der Waals surface area contributed by atoms with Crippen molar-refractivity contribution in [3.05, 3.63) is 30.0 Å². The molecule has 112 valence electrons. The summed E-state index contributed by atoms with van der Waals surface area (Å²) in [6, 6.07) is 7.89. The summed E-state index contributed by atoms with van der Waals surface area (Å²) in [5.41, 5.74) is 8.91. The summed E-state index contributed by atoms with van der Waals surface area (Å²) in [4.78, 5) is 0. The van der Waals surface area contributed by atoms with E-state index in [4.69, 9.17) is 15.0 Å². The van der Waals surface area contributed by atoms with Gasteiger partial charge in [-0.15, -0.1) is 0 Å². The maximum atomic E-state index is 6.05. The highest BCUT2D eigenvalue weighted by Crippen LogP contribution is 2.43. The predicted molar refractivity (Wildman–Crippen MR) is 83.3 cm³/mol. The number of hydrogen-bond donors (Lipinski definition) is 1. The Morgan fingerprint density at radius 2 is 1.90 bits per heavy atom. The molecule has 4 heteroatoms. The quantitative estimate of drug-likeness (QED) is 0.917. The van der Waals surface area contributed by atoms with Crippen molar-refractivity contribution in [3.8, 4) is 16.9 Å². The maximum absolute atomic E-state index is 6.05. The number of benzene rings is 1. The molecule has 0 radical (unpaired) electrons. The average molecular weight is 286 g/mol. The van der Waals surface area contributed by atoms with Gasteiger partial charge >= 0.3 is 0 Å². The molecule has 0 saturated heterocycles. The van der Waals surface area contributed by atoms with Crippen LogP contribution in [0.25, 0.3) is 11.1 Å². The molecule has 0 bridgehead atoms. The van der Waals surface area contributed by atoms with E-state index in [1.807, 2.05) is 24.3 Å². The topological polar surface area (TPSA) is 61.3 Å². The van der Waals surface area contributed by atoms with E-state index in [-0.39, 0.29) is 0 Å². The molecular weight excluding hydrogens is 264 g/mol. The van der Waals surface area contributed by atoms with Gasteiger partial charge in [0.1, 0.15) is 5.75 Å². The molecule has 2 N–H and O–H groups in total. The molecule has 0 spiro atoms. The molecule has 1 heterocycles. The van der Waals surface area contributed by atoms with Crippen LogP contribution in [0.5, 0.6) is 5.75 Å². The van der Waals surface area contributed by atoms with E-state index in [1.165, 1.54) is 12.8 Å². The standard InChI is InChI=1S/C17H22N2O2/c1-11-7-9-12(10-8-11)16-15(17(18)21-19-16)13-5-3-4-6-14(13)20-2/h3-6,11-12H,7-10,18H2,1-2H3. The van der Waals surface area contributed by atoms with Crippen LogP contribution in [0.15, 0.2) is 28.8 Å². The smallest absolute Gasteiger partial charge is 0.230 e. The Bertz CT molecular complexity index is 613. The van der Waals surface area contributed by atoms with Gasteiger partial charge in [0.2, 0.25) is 5.88 Å². The zero-order valence-corrected chi connectivity index (χ0v) is 12.6. The fourth-order valence-corrected chi connectivity index (χ4v) is 3.25. The molecule has 0 aliphatic heterocycles. The van der Waals surface area contributed by atoms with Crippen molar-refractivity contribution < 1.29 is 9.26 Å². The van der Waals surface area contributed by atoms with Crippen LogP contribution in [-0.4, -0.2) is 12.3 Å². The number of ether oxygens (including phenoxy) is 1. The summed E-state index contributed by atoms with van der Waals surface area (Å²) in [5, 5.41) is 4.26. The van der Waals surface area contributed by atoms with E-state index in [2.05, 4.69) is 12.1 Å². The third-order valence-corrected chi connectivity index (χ3v) is 4.52. The minimum atomic E-state index is 0.383. The van der Waals surface area contributed by atoms with Gasteiger partial charge in [0.05, 0.1) is 18.4 Å². The highest BCUT2D eigenvalue weighted by Gasteiger charge is 2.28. The van der Waals surface area contributed by atoms with Gasteiger partial charge in [-0.2, -0.15) is 0 Å². The summed E-state index contributed by atoms with van der Waals surface area (Å²) in [6.07, 6.45) is 4.77. The van der Waals surface area contributed by atoms with Crippen molar-refractivity contribution >= 4 is 5.88 Å². The van der Waals surface area contributed by atoms with Gasteiger partial charge in [0, 0.05) is 11.5 Å². The van der Waals surface area contributed by atoms with Gasteiger partial charge < -0.3 is 15.0 Å². The van der Waals surface area contributed by atoms with E-state index >= 15 is 0 Å². The van der Waals surface area contributed by atoms with Crippen LogP contribution in [0.2, 0.25) is 0 Å². The SMILES string of the molecule is COc1ccccc1-c1c(C2CCC(C)CC2)noc1N. The summed E-state index contributed by atoms with van der Waals surface area (Å²) in [6.45, 7) is 2.31. The molecule has 1 fully saturated rings. The van der Waals surface area contributed by atoms with E-state index < -0.39 is 0 Å². The average Bonchev–Trinajstić information content (AvgIpc) is 2.89. The van der Waals surface area contributed by atoms with Crippen LogP contribution < -0.4 is 10.5 Å².